The van der Waals surface area contributed by atoms with Crippen molar-refractivity contribution >= 4 is 22.9 Å². The Hall–Kier alpha value is -3.07. The van der Waals surface area contributed by atoms with Gasteiger partial charge in [-0.3, -0.25) is 9.36 Å². The highest BCUT2D eigenvalue weighted by molar-refractivity contribution is 7.12. The van der Waals surface area contributed by atoms with Crippen molar-refractivity contribution in [2.45, 2.75) is 13.8 Å². The van der Waals surface area contributed by atoms with Crippen molar-refractivity contribution in [2.24, 2.45) is 0 Å². The van der Waals surface area contributed by atoms with Gasteiger partial charge in [0.05, 0.1) is 0 Å². The number of rotatable bonds is 6. The van der Waals surface area contributed by atoms with Crippen molar-refractivity contribution in [2.75, 3.05) is 6.61 Å². The van der Waals surface area contributed by atoms with E-state index < -0.39 is 10.7 Å². The number of pyridine rings is 1. The number of aryl methyl sites for hydroxylation is 1. The highest BCUT2D eigenvalue weighted by Crippen LogP contribution is 2.25. The topological polar surface area (TPSA) is 100 Å². The van der Waals surface area contributed by atoms with Crippen LogP contribution >= 0.6 is 11.3 Å². The molecule has 3 heterocycles. The zero-order valence-electron chi connectivity index (χ0n) is 13.5. The van der Waals surface area contributed by atoms with Gasteiger partial charge in [-0.2, -0.15) is 0 Å². The van der Waals surface area contributed by atoms with Crippen LogP contribution in [0.25, 0.3) is 5.13 Å². The van der Waals surface area contributed by atoms with Crippen LogP contribution in [0.1, 0.15) is 21.7 Å². The van der Waals surface area contributed by atoms with E-state index in [-0.39, 0.29) is 18.1 Å². The monoisotopic (exact) mass is 358 g/mol. The van der Waals surface area contributed by atoms with Crippen LogP contribution in [0.15, 0.2) is 36.0 Å². The Bertz CT molecular complexity index is 934. The van der Waals surface area contributed by atoms with Gasteiger partial charge in [-0.1, -0.05) is 0 Å². The zero-order valence-corrected chi connectivity index (χ0v) is 14.3. The average Bonchev–Trinajstić information content (AvgIpc) is 3.20. The van der Waals surface area contributed by atoms with Crippen LogP contribution in [-0.2, 0) is 0 Å². The molecule has 0 N–H and O–H groups in total. The Morgan fingerprint density at radius 1 is 1.36 bits per heavy atom. The van der Waals surface area contributed by atoms with Gasteiger partial charge >= 0.3 is 5.82 Å². The number of nitrogens with zero attached hydrogens (tertiary/aromatic N) is 4. The van der Waals surface area contributed by atoms with E-state index in [1.807, 2.05) is 23.8 Å². The standard InChI is InChI=1S/C16H14N4O4S/c1-10-8-12(11(2)19(10)16-18-6-7-25-16)13(21)9-24-14-4-3-5-17-15(14)20(22)23/h3-8H,9H2,1-2H3. The lowest BCUT2D eigenvalue weighted by molar-refractivity contribution is -0.390. The Balaban J connectivity index is 1.81. The third-order valence-corrected chi connectivity index (χ3v) is 4.38. The van der Waals surface area contributed by atoms with E-state index in [4.69, 9.17) is 4.74 Å². The van der Waals surface area contributed by atoms with Crippen LogP contribution in [0, 0.1) is 24.0 Å². The van der Waals surface area contributed by atoms with Crippen molar-refractivity contribution in [3.8, 4) is 10.9 Å². The summed E-state index contributed by atoms with van der Waals surface area (Å²) in [5, 5.41) is 13.6. The summed E-state index contributed by atoms with van der Waals surface area (Å²) in [6.07, 6.45) is 3.00. The molecule has 0 aliphatic carbocycles. The maximum Gasteiger partial charge on any atom is 0.406 e. The number of carbonyl (C=O) groups is 1. The molecule has 3 aromatic heterocycles. The molecular weight excluding hydrogens is 344 g/mol. The first-order valence-corrected chi connectivity index (χ1v) is 8.21. The fraction of sp³-hybridized carbons (Fsp3) is 0.188. The summed E-state index contributed by atoms with van der Waals surface area (Å²) in [6, 6.07) is 4.69. The predicted molar refractivity (Wildman–Crippen MR) is 91.6 cm³/mol. The molecule has 0 aliphatic rings. The second-order valence-electron chi connectivity index (χ2n) is 5.23. The van der Waals surface area contributed by atoms with Gasteiger partial charge < -0.3 is 14.9 Å². The Morgan fingerprint density at radius 3 is 2.84 bits per heavy atom. The third-order valence-electron chi connectivity index (χ3n) is 3.62. The van der Waals surface area contributed by atoms with Gasteiger partial charge in [0.1, 0.15) is 6.20 Å². The minimum Gasteiger partial charge on any atom is -0.477 e. The SMILES string of the molecule is Cc1cc(C(=O)COc2cccnc2[N+](=O)[O-])c(C)n1-c1nccs1. The molecule has 0 radical (unpaired) electrons. The van der Waals surface area contributed by atoms with E-state index >= 15 is 0 Å². The molecule has 128 valence electrons. The maximum atomic E-state index is 12.5. The summed E-state index contributed by atoms with van der Waals surface area (Å²) in [5.74, 6) is -0.716. The number of aromatic nitrogens is 3. The number of hydrogen-bond acceptors (Lipinski definition) is 7. The van der Waals surface area contributed by atoms with Gasteiger partial charge in [0.25, 0.3) is 0 Å². The van der Waals surface area contributed by atoms with Crippen molar-refractivity contribution < 1.29 is 14.5 Å². The van der Waals surface area contributed by atoms with E-state index in [1.165, 1.54) is 29.7 Å². The first-order valence-electron chi connectivity index (χ1n) is 7.33. The molecule has 0 bridgehead atoms. The highest BCUT2D eigenvalue weighted by atomic mass is 32.1. The van der Waals surface area contributed by atoms with Crippen molar-refractivity contribution in [3.05, 3.63) is 63.0 Å². The van der Waals surface area contributed by atoms with Gasteiger partial charge in [-0.25, -0.2) is 4.98 Å². The van der Waals surface area contributed by atoms with Crippen LogP contribution in [-0.4, -0.2) is 31.8 Å². The molecule has 3 rings (SSSR count). The molecule has 8 nitrogen and oxygen atoms in total. The molecular formula is C16H14N4O4S. The normalized spacial score (nSPS) is 10.6. The second kappa shape index (κ2) is 6.81. The number of nitro groups is 1. The molecule has 0 spiro atoms. The second-order valence-corrected chi connectivity index (χ2v) is 6.10. The van der Waals surface area contributed by atoms with Gasteiger partial charge in [0.2, 0.25) is 11.5 Å². The molecule has 0 saturated carbocycles. The number of ketones is 1. The number of thiazole rings is 1. The summed E-state index contributed by atoms with van der Waals surface area (Å²) >= 11 is 1.47. The largest absolute Gasteiger partial charge is 0.477 e. The lowest BCUT2D eigenvalue weighted by Crippen LogP contribution is -2.13. The van der Waals surface area contributed by atoms with Gasteiger partial charge in [0.15, 0.2) is 11.7 Å². The summed E-state index contributed by atoms with van der Waals surface area (Å²) < 4.78 is 7.23. The van der Waals surface area contributed by atoms with Gasteiger partial charge in [0, 0.05) is 28.5 Å². The Morgan fingerprint density at radius 2 is 2.16 bits per heavy atom. The molecule has 0 aliphatic heterocycles. The Kier molecular flexibility index (Phi) is 4.57. The fourth-order valence-corrected chi connectivity index (χ4v) is 3.27. The van der Waals surface area contributed by atoms with E-state index in [0.29, 0.717) is 5.56 Å². The van der Waals surface area contributed by atoms with Gasteiger partial charge in [-0.05, 0) is 42.0 Å². The zero-order chi connectivity index (χ0) is 18.0. The first kappa shape index (κ1) is 16.8. The molecule has 0 unspecified atom stereocenters. The van der Waals surface area contributed by atoms with E-state index in [9.17, 15) is 14.9 Å². The molecule has 9 heteroatoms. The molecule has 0 fully saturated rings. The minimum absolute atomic E-state index is 0.0328. The van der Waals surface area contributed by atoms with Crippen molar-refractivity contribution in [3.63, 3.8) is 0 Å². The first-order chi connectivity index (χ1) is 12.0. The highest BCUT2D eigenvalue weighted by Gasteiger charge is 2.21. The summed E-state index contributed by atoms with van der Waals surface area (Å²) in [4.78, 5) is 30.7. The van der Waals surface area contributed by atoms with Crippen LogP contribution < -0.4 is 4.74 Å². The molecule has 0 atom stereocenters. The number of hydrogen-bond donors (Lipinski definition) is 0. The van der Waals surface area contributed by atoms with Crippen LogP contribution in [0.2, 0.25) is 0 Å². The number of Topliss-reactive ketones (excluding diaryl/α,β-unsaturated/α-hetero) is 1. The van der Waals surface area contributed by atoms with Crippen LogP contribution in [0.4, 0.5) is 5.82 Å². The number of carbonyl (C=O) groups excluding carboxylic acids is 1. The van der Waals surface area contributed by atoms with Gasteiger partial charge in [-0.15, -0.1) is 11.3 Å². The maximum absolute atomic E-state index is 12.5. The van der Waals surface area contributed by atoms with E-state index in [2.05, 4.69) is 9.97 Å². The lowest BCUT2D eigenvalue weighted by Gasteiger charge is -2.07. The molecule has 25 heavy (non-hydrogen) atoms. The predicted octanol–water partition coefficient (Wildman–Crippen LogP) is 3.12. The number of ether oxygens (including phenoxy) is 1. The summed E-state index contributed by atoms with van der Waals surface area (Å²) in [5.41, 5.74) is 2.13. The summed E-state index contributed by atoms with van der Waals surface area (Å²) in [6.45, 7) is 3.40. The van der Waals surface area contributed by atoms with E-state index in [1.54, 1.807) is 12.3 Å². The average molecular weight is 358 g/mol. The van der Waals surface area contributed by atoms with Crippen molar-refractivity contribution in [1.29, 1.82) is 0 Å². The minimum atomic E-state index is -0.645. The molecule has 0 aromatic carbocycles. The van der Waals surface area contributed by atoms with Crippen LogP contribution in [0.3, 0.4) is 0 Å². The van der Waals surface area contributed by atoms with E-state index in [0.717, 1.165) is 16.5 Å². The smallest absolute Gasteiger partial charge is 0.406 e. The Labute approximate surface area is 146 Å². The van der Waals surface area contributed by atoms with Crippen LogP contribution in [0.5, 0.6) is 5.75 Å². The summed E-state index contributed by atoms with van der Waals surface area (Å²) in [7, 11) is 0. The molecule has 0 amide bonds. The lowest BCUT2D eigenvalue weighted by atomic mass is 10.1. The van der Waals surface area contributed by atoms with Crippen molar-refractivity contribution in [1.82, 2.24) is 14.5 Å². The molecule has 0 saturated heterocycles. The quantitative estimate of drug-likeness (QED) is 0.381. The molecule has 3 aromatic rings. The fourth-order valence-electron chi connectivity index (χ4n) is 2.52. The third kappa shape index (κ3) is 3.26.